The number of anilines is 2. The highest BCUT2D eigenvalue weighted by atomic mass is 32.1. The zero-order chi connectivity index (χ0) is 22.0. The Morgan fingerprint density at radius 3 is 2.87 bits per heavy atom. The van der Waals surface area contributed by atoms with Gasteiger partial charge in [0.25, 0.3) is 5.91 Å². The van der Waals surface area contributed by atoms with Gasteiger partial charge >= 0.3 is 0 Å². The Morgan fingerprint density at radius 1 is 1.26 bits per heavy atom. The van der Waals surface area contributed by atoms with Crippen molar-refractivity contribution in [3.05, 3.63) is 59.0 Å². The summed E-state index contributed by atoms with van der Waals surface area (Å²) < 4.78 is 5.18. The predicted octanol–water partition coefficient (Wildman–Crippen LogP) is 5.01. The molecule has 0 saturated heterocycles. The van der Waals surface area contributed by atoms with Gasteiger partial charge in [-0.15, -0.1) is 11.3 Å². The lowest BCUT2D eigenvalue weighted by Crippen LogP contribution is -2.33. The normalized spacial score (nSPS) is 13.6. The monoisotopic (exact) mass is 435 g/mol. The summed E-state index contributed by atoms with van der Waals surface area (Å²) in [6.45, 7) is 4.74. The molecule has 0 fully saturated rings. The van der Waals surface area contributed by atoms with Crippen LogP contribution in [0.25, 0.3) is 11.3 Å². The quantitative estimate of drug-likeness (QED) is 0.591. The Morgan fingerprint density at radius 2 is 2.10 bits per heavy atom. The molecule has 160 valence electrons. The molecule has 0 spiro atoms. The average molecular weight is 436 g/mol. The van der Waals surface area contributed by atoms with Crippen LogP contribution in [0.1, 0.15) is 36.2 Å². The molecule has 6 nitrogen and oxygen atoms in total. The molecule has 3 aromatic rings. The number of benzene rings is 2. The van der Waals surface area contributed by atoms with Gasteiger partial charge in [0.1, 0.15) is 5.75 Å². The molecule has 1 atom stereocenters. The Labute approximate surface area is 185 Å². The number of carbonyl (C=O) groups excluding carboxylic acids is 2. The largest absolute Gasteiger partial charge is 0.497 e. The fraction of sp³-hybridized carbons (Fsp3) is 0.292. The number of rotatable bonds is 6. The summed E-state index contributed by atoms with van der Waals surface area (Å²) in [6.07, 6.45) is 1.68. The maximum absolute atomic E-state index is 12.6. The summed E-state index contributed by atoms with van der Waals surface area (Å²) in [5.74, 6) is 0.615. The van der Waals surface area contributed by atoms with E-state index in [1.54, 1.807) is 31.4 Å². The molecule has 0 bridgehead atoms. The fourth-order valence-corrected chi connectivity index (χ4v) is 4.34. The van der Waals surface area contributed by atoms with Crippen LogP contribution in [0.4, 0.5) is 10.8 Å². The second-order valence-electron chi connectivity index (χ2n) is 7.62. The molecule has 1 aromatic heterocycles. The van der Waals surface area contributed by atoms with Crippen LogP contribution in [-0.4, -0.2) is 30.5 Å². The highest BCUT2D eigenvalue weighted by molar-refractivity contribution is 7.14. The van der Waals surface area contributed by atoms with Crippen molar-refractivity contribution in [1.82, 2.24) is 4.98 Å². The molecule has 0 unspecified atom stereocenters. The van der Waals surface area contributed by atoms with Crippen LogP contribution in [-0.2, 0) is 11.2 Å². The van der Waals surface area contributed by atoms with Gasteiger partial charge in [0, 0.05) is 34.7 Å². The summed E-state index contributed by atoms with van der Waals surface area (Å²) in [7, 11) is 1.57. The molecule has 1 N–H and O–H groups in total. The van der Waals surface area contributed by atoms with Crippen LogP contribution < -0.4 is 15.0 Å². The second-order valence-corrected chi connectivity index (χ2v) is 8.47. The zero-order valence-electron chi connectivity index (χ0n) is 17.8. The molecule has 0 radical (unpaired) electrons. The van der Waals surface area contributed by atoms with E-state index in [9.17, 15) is 9.59 Å². The molecule has 0 saturated carbocycles. The number of nitrogens with zero attached hydrogens (tertiary/aromatic N) is 2. The molecule has 1 aliphatic rings. The van der Waals surface area contributed by atoms with Crippen molar-refractivity contribution in [2.45, 2.75) is 26.7 Å². The van der Waals surface area contributed by atoms with Crippen LogP contribution in [0, 0.1) is 5.92 Å². The number of fused-ring (bicyclic) bond motifs is 1. The van der Waals surface area contributed by atoms with Gasteiger partial charge in [-0.2, -0.15) is 0 Å². The zero-order valence-corrected chi connectivity index (χ0v) is 18.7. The number of aromatic nitrogens is 1. The summed E-state index contributed by atoms with van der Waals surface area (Å²) in [5.41, 5.74) is 4.45. The van der Waals surface area contributed by atoms with Crippen molar-refractivity contribution < 1.29 is 14.3 Å². The summed E-state index contributed by atoms with van der Waals surface area (Å²) in [4.78, 5) is 31.6. The molecular weight excluding hydrogens is 410 g/mol. The van der Waals surface area contributed by atoms with Gasteiger partial charge in [0.15, 0.2) is 5.13 Å². The van der Waals surface area contributed by atoms with Gasteiger partial charge in [-0.25, -0.2) is 4.98 Å². The van der Waals surface area contributed by atoms with Gasteiger partial charge in [0.2, 0.25) is 5.91 Å². The van der Waals surface area contributed by atoms with E-state index in [4.69, 9.17) is 4.74 Å². The number of nitrogens with one attached hydrogen (secondary N) is 1. The molecule has 1 aliphatic heterocycles. The number of amides is 2. The molecule has 31 heavy (non-hydrogen) atoms. The van der Waals surface area contributed by atoms with E-state index in [1.165, 1.54) is 11.3 Å². The number of hydrogen-bond acceptors (Lipinski definition) is 5. The van der Waals surface area contributed by atoms with Crippen molar-refractivity contribution in [2.24, 2.45) is 5.92 Å². The predicted molar refractivity (Wildman–Crippen MR) is 124 cm³/mol. The van der Waals surface area contributed by atoms with E-state index < -0.39 is 0 Å². The van der Waals surface area contributed by atoms with Crippen LogP contribution in [0.15, 0.2) is 47.8 Å². The van der Waals surface area contributed by atoms with Crippen LogP contribution in [0.5, 0.6) is 5.75 Å². The Hall–Kier alpha value is -3.19. The lowest BCUT2D eigenvalue weighted by Gasteiger charge is -2.21. The number of ether oxygens (including phenoxy) is 1. The maximum atomic E-state index is 12.6. The summed E-state index contributed by atoms with van der Waals surface area (Å²) >= 11 is 1.38. The van der Waals surface area contributed by atoms with E-state index in [-0.39, 0.29) is 17.7 Å². The number of hydrogen-bond donors (Lipinski definition) is 1. The van der Waals surface area contributed by atoms with E-state index in [2.05, 4.69) is 16.4 Å². The van der Waals surface area contributed by atoms with Crippen molar-refractivity contribution in [3.8, 4) is 17.0 Å². The summed E-state index contributed by atoms with van der Waals surface area (Å²) in [5, 5.41) is 5.32. The van der Waals surface area contributed by atoms with Gasteiger partial charge in [-0.05, 0) is 48.7 Å². The first kappa shape index (κ1) is 21.1. The molecule has 2 amide bonds. The Balaban J connectivity index is 1.49. The maximum Gasteiger partial charge on any atom is 0.257 e. The second kappa shape index (κ2) is 8.89. The highest BCUT2D eigenvalue weighted by Gasteiger charge is 2.27. The number of carbonyl (C=O) groups is 2. The molecule has 0 aliphatic carbocycles. The first-order valence-electron chi connectivity index (χ1n) is 10.4. The number of methoxy groups -OCH3 is 1. The van der Waals surface area contributed by atoms with E-state index >= 15 is 0 Å². The first-order valence-corrected chi connectivity index (χ1v) is 11.2. The van der Waals surface area contributed by atoms with E-state index in [0.717, 1.165) is 41.9 Å². The van der Waals surface area contributed by atoms with Gasteiger partial charge in [0.05, 0.1) is 12.8 Å². The molecular formula is C24H25N3O3S. The standard InChI is InChI=1S/C24H25N3O3S/c1-4-15(2)23(29)27-11-10-17-12-16(8-9-21(17)27)20-14-31-24(25-20)26-22(28)18-6-5-7-19(13-18)30-3/h5-9,12-15H,4,10-11H2,1-3H3,(H,25,26,28)/t15-/m1/s1. The minimum Gasteiger partial charge on any atom is -0.497 e. The van der Waals surface area contributed by atoms with Crippen molar-refractivity contribution in [3.63, 3.8) is 0 Å². The van der Waals surface area contributed by atoms with Gasteiger partial charge < -0.3 is 9.64 Å². The smallest absolute Gasteiger partial charge is 0.257 e. The lowest BCUT2D eigenvalue weighted by molar-refractivity contribution is -0.121. The SMILES string of the molecule is CC[C@@H](C)C(=O)N1CCc2cc(-c3csc(NC(=O)c4cccc(OC)c4)n3)ccc21. The molecule has 7 heteroatoms. The first-order chi connectivity index (χ1) is 15.0. The third-order valence-corrected chi connectivity index (χ3v) is 6.39. The summed E-state index contributed by atoms with van der Waals surface area (Å²) in [6, 6.07) is 13.1. The molecule has 2 heterocycles. The molecule has 4 rings (SSSR count). The third kappa shape index (κ3) is 4.32. The fourth-order valence-electron chi connectivity index (χ4n) is 3.63. The Bertz CT molecular complexity index is 1120. The van der Waals surface area contributed by atoms with Crippen LogP contribution in [0.2, 0.25) is 0 Å². The minimum atomic E-state index is -0.229. The van der Waals surface area contributed by atoms with Crippen LogP contribution in [0.3, 0.4) is 0 Å². The minimum absolute atomic E-state index is 0.0277. The van der Waals surface area contributed by atoms with Crippen molar-refractivity contribution in [1.29, 1.82) is 0 Å². The third-order valence-electron chi connectivity index (χ3n) is 5.63. The Kier molecular flexibility index (Phi) is 6.04. The van der Waals surface area contributed by atoms with Gasteiger partial charge in [-0.1, -0.05) is 26.0 Å². The lowest BCUT2D eigenvalue weighted by atomic mass is 10.1. The van der Waals surface area contributed by atoms with E-state index in [1.807, 2.05) is 36.3 Å². The van der Waals surface area contributed by atoms with Crippen LogP contribution >= 0.6 is 11.3 Å². The highest BCUT2D eigenvalue weighted by Crippen LogP contribution is 2.34. The van der Waals surface area contributed by atoms with Gasteiger partial charge in [-0.3, -0.25) is 14.9 Å². The topological polar surface area (TPSA) is 71.5 Å². The van der Waals surface area contributed by atoms with E-state index in [0.29, 0.717) is 16.4 Å². The van der Waals surface area contributed by atoms with Crippen molar-refractivity contribution in [2.75, 3.05) is 23.9 Å². The van der Waals surface area contributed by atoms with Crippen molar-refractivity contribution >= 4 is 34.0 Å². The molecule has 2 aromatic carbocycles. The average Bonchev–Trinajstić information content (AvgIpc) is 3.44. The number of thiazole rings is 1.